The Kier molecular flexibility index (Phi) is 66.8. The van der Waals surface area contributed by atoms with Gasteiger partial charge in [-0.15, -0.1) is 0 Å². The molecule has 0 bridgehead atoms. The summed E-state index contributed by atoms with van der Waals surface area (Å²) in [6.07, 6.45) is 56.8. The van der Waals surface area contributed by atoms with Gasteiger partial charge >= 0.3 is 39.5 Å². The fourth-order valence-electron chi connectivity index (χ4n) is 11.5. The molecular weight excluding hydrogens is 1230 g/mol. The molecule has 0 radical (unpaired) electrons. The van der Waals surface area contributed by atoms with Crippen molar-refractivity contribution in [3.8, 4) is 0 Å². The zero-order valence-corrected chi connectivity index (χ0v) is 62.9. The third kappa shape index (κ3) is 68.6. The van der Waals surface area contributed by atoms with Crippen LogP contribution < -0.4 is 0 Å². The molecule has 3 N–H and O–H groups in total. The molecule has 0 rings (SSSR count). The monoisotopic (exact) mass is 1380 g/mol. The number of carbonyl (C=O) groups is 4. The van der Waals surface area contributed by atoms with Crippen LogP contribution >= 0.6 is 15.6 Å². The largest absolute Gasteiger partial charge is 0.472 e. The van der Waals surface area contributed by atoms with Crippen LogP contribution in [-0.2, 0) is 65.4 Å². The molecule has 0 heterocycles. The fourth-order valence-corrected chi connectivity index (χ4v) is 13.1. The standard InChI is InChI=1S/C75H146O17P2/c1-6-9-12-15-18-21-32-38-43-48-53-58-72(77)85-64-70(91-74(79)60-55-50-45-40-34-23-20-17-14-11-8-3)66-89-93(81,82)87-62-69(76)63-88-94(83,84)90-67-71(65-86-73(78)59-54-49-44-39-33-22-19-16-13-10-7-2)92-75(80)61-56-51-46-41-36-31-29-27-25-24-26-28-30-35-37-42-47-52-57-68(4)5/h68-71,76H,6-67H2,1-5H3,(H,81,82)(H,83,84)/t69-,70+,71+/m0/s1. The van der Waals surface area contributed by atoms with Crippen LogP contribution in [0, 0.1) is 5.92 Å². The first kappa shape index (κ1) is 92.1. The van der Waals surface area contributed by atoms with E-state index in [1.807, 2.05) is 0 Å². The number of unbranched alkanes of at least 4 members (excludes halogenated alkanes) is 47. The van der Waals surface area contributed by atoms with Crippen molar-refractivity contribution in [3.63, 3.8) is 0 Å². The average molecular weight is 1380 g/mol. The SMILES string of the molecule is CCCCCCCCCCCCCC(=O)OC[C@H](COP(=O)(O)OC[C@H](O)COP(=O)(O)OC[C@@H](COC(=O)CCCCCCCCCCCCC)OC(=O)CCCCCCCCCCCCCCCCCCCCC(C)C)OC(=O)CCCCCCCCCCCCC. The van der Waals surface area contributed by atoms with Gasteiger partial charge in [0.2, 0.25) is 0 Å². The van der Waals surface area contributed by atoms with Crippen molar-refractivity contribution in [1.29, 1.82) is 0 Å². The van der Waals surface area contributed by atoms with Crippen LogP contribution in [0.2, 0.25) is 0 Å². The molecule has 19 heteroatoms. The highest BCUT2D eigenvalue weighted by atomic mass is 31.2. The van der Waals surface area contributed by atoms with Gasteiger partial charge in [-0.25, -0.2) is 9.13 Å². The van der Waals surface area contributed by atoms with E-state index in [9.17, 15) is 43.2 Å². The van der Waals surface area contributed by atoms with E-state index in [1.54, 1.807) is 0 Å². The lowest BCUT2D eigenvalue weighted by atomic mass is 10.0. The summed E-state index contributed by atoms with van der Waals surface area (Å²) in [5.41, 5.74) is 0. The topological polar surface area (TPSA) is 237 Å². The highest BCUT2D eigenvalue weighted by Gasteiger charge is 2.30. The fraction of sp³-hybridized carbons (Fsp3) is 0.947. The molecule has 2 unspecified atom stereocenters. The minimum absolute atomic E-state index is 0.107. The summed E-state index contributed by atoms with van der Waals surface area (Å²) in [5, 5.41) is 10.6. The van der Waals surface area contributed by atoms with E-state index in [1.165, 1.54) is 218 Å². The highest BCUT2D eigenvalue weighted by molar-refractivity contribution is 7.47. The summed E-state index contributed by atoms with van der Waals surface area (Å²) < 4.78 is 68.4. The maximum Gasteiger partial charge on any atom is 0.472 e. The van der Waals surface area contributed by atoms with Gasteiger partial charge in [0.15, 0.2) is 12.2 Å². The Balaban J connectivity index is 5.17. The lowest BCUT2D eigenvalue weighted by Gasteiger charge is -2.21. The number of phosphoric acid groups is 2. The van der Waals surface area contributed by atoms with Crippen LogP contribution in [0.25, 0.3) is 0 Å². The van der Waals surface area contributed by atoms with Crippen LogP contribution in [0.5, 0.6) is 0 Å². The second-order valence-corrected chi connectivity index (χ2v) is 30.4. The molecule has 0 saturated carbocycles. The Morgan fingerprint density at radius 3 is 0.723 bits per heavy atom. The quantitative estimate of drug-likeness (QED) is 0.0222. The van der Waals surface area contributed by atoms with E-state index < -0.39 is 97.5 Å². The Morgan fingerprint density at radius 2 is 0.489 bits per heavy atom. The number of aliphatic hydroxyl groups excluding tert-OH is 1. The summed E-state index contributed by atoms with van der Waals surface area (Å²) in [6.45, 7) is 7.31. The minimum atomic E-state index is -4.95. The lowest BCUT2D eigenvalue weighted by molar-refractivity contribution is -0.161. The van der Waals surface area contributed by atoms with E-state index in [4.69, 9.17) is 37.0 Å². The lowest BCUT2D eigenvalue weighted by Crippen LogP contribution is -2.30. The van der Waals surface area contributed by atoms with Crippen LogP contribution in [-0.4, -0.2) is 96.7 Å². The molecule has 0 aliphatic rings. The molecule has 0 fully saturated rings. The third-order valence-corrected chi connectivity index (χ3v) is 19.4. The molecule has 0 aromatic heterocycles. The van der Waals surface area contributed by atoms with Gasteiger partial charge in [0, 0.05) is 25.7 Å². The molecule has 17 nitrogen and oxygen atoms in total. The van der Waals surface area contributed by atoms with Gasteiger partial charge < -0.3 is 33.8 Å². The number of esters is 4. The van der Waals surface area contributed by atoms with Crippen LogP contribution in [0.15, 0.2) is 0 Å². The van der Waals surface area contributed by atoms with E-state index in [2.05, 4.69) is 34.6 Å². The number of rotatable bonds is 75. The molecule has 0 amide bonds. The first-order valence-electron chi connectivity index (χ1n) is 39.1. The molecule has 0 aliphatic heterocycles. The van der Waals surface area contributed by atoms with Crippen molar-refractivity contribution >= 4 is 39.5 Å². The normalized spacial score (nSPS) is 14.0. The number of ether oxygens (including phenoxy) is 4. The molecule has 0 aromatic carbocycles. The number of carbonyl (C=O) groups excluding carboxylic acids is 4. The molecule has 0 aliphatic carbocycles. The van der Waals surface area contributed by atoms with Gasteiger partial charge in [0.1, 0.15) is 19.3 Å². The van der Waals surface area contributed by atoms with Crippen LogP contribution in [0.4, 0.5) is 0 Å². The summed E-state index contributed by atoms with van der Waals surface area (Å²) in [5.74, 6) is -1.29. The number of aliphatic hydroxyl groups is 1. The minimum Gasteiger partial charge on any atom is -0.462 e. The van der Waals surface area contributed by atoms with E-state index in [0.29, 0.717) is 25.7 Å². The molecule has 0 aromatic rings. The van der Waals surface area contributed by atoms with Gasteiger partial charge in [-0.2, -0.15) is 0 Å². The first-order chi connectivity index (χ1) is 45.5. The van der Waals surface area contributed by atoms with E-state index in [-0.39, 0.29) is 25.7 Å². The highest BCUT2D eigenvalue weighted by Crippen LogP contribution is 2.45. The summed E-state index contributed by atoms with van der Waals surface area (Å²) in [4.78, 5) is 72.7. The van der Waals surface area contributed by atoms with Crippen LogP contribution in [0.1, 0.15) is 394 Å². The summed E-state index contributed by atoms with van der Waals surface area (Å²) in [6, 6.07) is 0. The number of phosphoric ester groups is 2. The summed E-state index contributed by atoms with van der Waals surface area (Å²) in [7, 11) is -9.90. The van der Waals surface area contributed by atoms with Gasteiger partial charge in [-0.3, -0.25) is 37.3 Å². The maximum atomic E-state index is 13.1. The maximum absolute atomic E-state index is 13.1. The Hall–Kier alpha value is -1.94. The smallest absolute Gasteiger partial charge is 0.462 e. The zero-order valence-electron chi connectivity index (χ0n) is 61.1. The van der Waals surface area contributed by atoms with Crippen molar-refractivity contribution in [2.24, 2.45) is 5.92 Å². The molecule has 0 saturated heterocycles. The molecular formula is C75H146O17P2. The van der Waals surface area contributed by atoms with Gasteiger partial charge in [0.25, 0.3) is 0 Å². The predicted octanol–water partition coefficient (Wildman–Crippen LogP) is 22.1. The first-order valence-corrected chi connectivity index (χ1v) is 42.1. The van der Waals surface area contributed by atoms with Crippen molar-refractivity contribution in [2.45, 2.75) is 412 Å². The van der Waals surface area contributed by atoms with Gasteiger partial charge in [-0.05, 0) is 31.6 Å². The number of hydrogen-bond donors (Lipinski definition) is 3. The molecule has 0 spiro atoms. The average Bonchev–Trinajstić information content (AvgIpc) is 1.53. The van der Waals surface area contributed by atoms with Crippen molar-refractivity contribution in [1.82, 2.24) is 0 Å². The van der Waals surface area contributed by atoms with Crippen LogP contribution in [0.3, 0.4) is 0 Å². The van der Waals surface area contributed by atoms with Gasteiger partial charge in [-0.1, -0.05) is 343 Å². The van der Waals surface area contributed by atoms with Crippen molar-refractivity contribution in [2.75, 3.05) is 39.6 Å². The molecule has 5 atom stereocenters. The van der Waals surface area contributed by atoms with E-state index in [0.717, 1.165) is 95.8 Å². The van der Waals surface area contributed by atoms with Crippen molar-refractivity contribution in [3.05, 3.63) is 0 Å². The molecule has 94 heavy (non-hydrogen) atoms. The Morgan fingerprint density at radius 1 is 0.287 bits per heavy atom. The second-order valence-electron chi connectivity index (χ2n) is 27.5. The predicted molar refractivity (Wildman–Crippen MR) is 382 cm³/mol. The molecule has 558 valence electrons. The van der Waals surface area contributed by atoms with E-state index >= 15 is 0 Å². The van der Waals surface area contributed by atoms with Crippen molar-refractivity contribution < 1.29 is 80.2 Å². The zero-order chi connectivity index (χ0) is 69.1. The van der Waals surface area contributed by atoms with Gasteiger partial charge in [0.05, 0.1) is 26.4 Å². The number of hydrogen-bond acceptors (Lipinski definition) is 15. The Bertz CT molecular complexity index is 1810. The third-order valence-electron chi connectivity index (χ3n) is 17.5. The second kappa shape index (κ2) is 68.2. The Labute approximate surface area is 575 Å². The summed E-state index contributed by atoms with van der Waals surface area (Å²) >= 11 is 0.